The smallest absolute Gasteiger partial charge is 0.275 e. The standard InChI is InChI=1S/C9H5Cl2F2N3O/c1-4-2-6(9(11,12)13)16-8(15-4)5(3-14-16)7(10)17/h2-3H,1H3. The lowest BCUT2D eigenvalue weighted by Gasteiger charge is -2.10. The normalized spacial score (nSPS) is 12.1. The molecule has 0 bridgehead atoms. The highest BCUT2D eigenvalue weighted by Crippen LogP contribution is 2.33. The molecule has 0 N–H and O–H groups in total. The fourth-order valence-electron chi connectivity index (χ4n) is 1.42. The van der Waals surface area contributed by atoms with Gasteiger partial charge in [-0.1, -0.05) is 0 Å². The topological polar surface area (TPSA) is 47.3 Å². The van der Waals surface area contributed by atoms with Gasteiger partial charge < -0.3 is 0 Å². The van der Waals surface area contributed by atoms with Crippen LogP contribution >= 0.6 is 23.2 Å². The van der Waals surface area contributed by atoms with E-state index in [0.29, 0.717) is 0 Å². The van der Waals surface area contributed by atoms with Crippen LogP contribution in [0.25, 0.3) is 5.65 Å². The van der Waals surface area contributed by atoms with Gasteiger partial charge in [-0.05, 0) is 36.2 Å². The molecule has 0 aliphatic carbocycles. The van der Waals surface area contributed by atoms with Crippen molar-refractivity contribution >= 4 is 34.1 Å². The Hall–Kier alpha value is -1.27. The molecule has 8 heteroatoms. The van der Waals surface area contributed by atoms with Crippen LogP contribution in [0.5, 0.6) is 0 Å². The van der Waals surface area contributed by atoms with E-state index in [9.17, 15) is 13.6 Å². The average molecular weight is 280 g/mol. The summed E-state index contributed by atoms with van der Waals surface area (Å²) in [5, 5.41) is -0.792. The third-order valence-electron chi connectivity index (χ3n) is 2.10. The lowest BCUT2D eigenvalue weighted by molar-refractivity contribution is 0.0870. The van der Waals surface area contributed by atoms with Crippen LogP contribution < -0.4 is 0 Å². The number of halogens is 4. The summed E-state index contributed by atoms with van der Waals surface area (Å²) in [6, 6.07) is 1.09. The number of rotatable bonds is 2. The van der Waals surface area contributed by atoms with E-state index in [1.807, 2.05) is 0 Å². The van der Waals surface area contributed by atoms with Gasteiger partial charge in [-0.3, -0.25) is 4.79 Å². The lowest BCUT2D eigenvalue weighted by Crippen LogP contribution is -2.13. The molecule has 0 atom stereocenters. The second-order valence-corrected chi connectivity index (χ2v) is 4.17. The van der Waals surface area contributed by atoms with E-state index < -0.39 is 16.3 Å². The molecule has 90 valence electrons. The van der Waals surface area contributed by atoms with Crippen LogP contribution in [0.4, 0.5) is 8.78 Å². The summed E-state index contributed by atoms with van der Waals surface area (Å²) in [5.74, 6) is 0. The Morgan fingerprint density at radius 3 is 2.71 bits per heavy atom. The fourth-order valence-corrected chi connectivity index (χ4v) is 1.69. The monoisotopic (exact) mass is 279 g/mol. The summed E-state index contributed by atoms with van der Waals surface area (Å²) in [6.07, 6.45) is 1.07. The van der Waals surface area contributed by atoms with Gasteiger partial charge in [-0.15, -0.1) is 0 Å². The molecule has 17 heavy (non-hydrogen) atoms. The van der Waals surface area contributed by atoms with E-state index >= 15 is 0 Å². The maximum Gasteiger partial charge on any atom is 0.364 e. The molecule has 0 aliphatic heterocycles. The molecule has 0 unspecified atom stereocenters. The minimum absolute atomic E-state index is 0.0414. The second-order valence-electron chi connectivity index (χ2n) is 3.35. The lowest BCUT2D eigenvalue weighted by atomic mass is 10.3. The molecule has 2 aromatic rings. The number of carbonyl (C=O) groups is 1. The quantitative estimate of drug-likeness (QED) is 0.627. The maximum absolute atomic E-state index is 13.1. The van der Waals surface area contributed by atoms with Crippen LogP contribution in [0.1, 0.15) is 21.7 Å². The average Bonchev–Trinajstić information content (AvgIpc) is 2.57. The van der Waals surface area contributed by atoms with Crippen LogP contribution in [0.3, 0.4) is 0 Å². The molecular weight excluding hydrogens is 275 g/mol. The Morgan fingerprint density at radius 2 is 2.18 bits per heavy atom. The second kappa shape index (κ2) is 3.89. The number of fused-ring (bicyclic) bond motifs is 1. The van der Waals surface area contributed by atoms with E-state index in [0.717, 1.165) is 16.8 Å². The van der Waals surface area contributed by atoms with Crippen molar-refractivity contribution in [2.24, 2.45) is 0 Å². The molecule has 2 rings (SSSR count). The molecule has 0 aromatic carbocycles. The van der Waals surface area contributed by atoms with E-state index in [-0.39, 0.29) is 16.9 Å². The van der Waals surface area contributed by atoms with Crippen molar-refractivity contribution in [1.82, 2.24) is 14.6 Å². The van der Waals surface area contributed by atoms with E-state index in [1.165, 1.54) is 6.92 Å². The predicted molar refractivity (Wildman–Crippen MR) is 57.7 cm³/mol. The Kier molecular flexibility index (Phi) is 2.79. The van der Waals surface area contributed by atoms with Crippen molar-refractivity contribution in [3.63, 3.8) is 0 Å². The molecule has 0 aliphatic rings. The van der Waals surface area contributed by atoms with Crippen LogP contribution in [0, 0.1) is 6.92 Å². The number of alkyl halides is 3. The SMILES string of the molecule is Cc1cc(C(F)(F)Cl)n2ncc(C(=O)Cl)c2n1. The largest absolute Gasteiger partial charge is 0.364 e. The van der Waals surface area contributed by atoms with Crippen LogP contribution in [0.15, 0.2) is 12.3 Å². The molecule has 0 saturated heterocycles. The van der Waals surface area contributed by atoms with Crippen molar-refractivity contribution in [2.45, 2.75) is 12.3 Å². The van der Waals surface area contributed by atoms with Gasteiger partial charge in [0.15, 0.2) is 5.65 Å². The first-order chi connectivity index (χ1) is 7.80. The number of carbonyl (C=O) groups excluding carboxylic acids is 1. The maximum atomic E-state index is 13.1. The molecule has 4 nitrogen and oxygen atoms in total. The Balaban J connectivity index is 2.84. The first kappa shape index (κ1) is 12.2. The molecular formula is C9H5Cl2F2N3O. The van der Waals surface area contributed by atoms with E-state index in [4.69, 9.17) is 23.2 Å². The molecule has 0 spiro atoms. The highest BCUT2D eigenvalue weighted by Gasteiger charge is 2.33. The van der Waals surface area contributed by atoms with E-state index in [2.05, 4.69) is 10.1 Å². The summed E-state index contributed by atoms with van der Waals surface area (Å²) in [6.45, 7) is 1.50. The van der Waals surface area contributed by atoms with Gasteiger partial charge in [0, 0.05) is 5.69 Å². The van der Waals surface area contributed by atoms with Crippen molar-refractivity contribution in [3.8, 4) is 0 Å². The van der Waals surface area contributed by atoms with Crippen molar-refractivity contribution in [3.05, 3.63) is 29.2 Å². The van der Waals surface area contributed by atoms with Gasteiger partial charge in [-0.25, -0.2) is 9.50 Å². The number of hydrogen-bond acceptors (Lipinski definition) is 3. The van der Waals surface area contributed by atoms with Crippen LogP contribution in [-0.2, 0) is 5.38 Å². The van der Waals surface area contributed by atoms with Crippen molar-refractivity contribution in [2.75, 3.05) is 0 Å². The zero-order valence-corrected chi connectivity index (χ0v) is 9.93. The summed E-state index contributed by atoms with van der Waals surface area (Å²) in [5.41, 5.74) is -0.365. The molecule has 2 heterocycles. The number of aromatic nitrogens is 3. The van der Waals surface area contributed by atoms with E-state index in [1.54, 1.807) is 0 Å². The minimum atomic E-state index is -3.61. The first-order valence-electron chi connectivity index (χ1n) is 4.43. The molecule has 0 amide bonds. The van der Waals surface area contributed by atoms with Crippen molar-refractivity contribution in [1.29, 1.82) is 0 Å². The summed E-state index contributed by atoms with van der Waals surface area (Å²) >= 11 is 10.2. The summed E-state index contributed by atoms with van der Waals surface area (Å²) < 4.78 is 27.1. The zero-order valence-electron chi connectivity index (χ0n) is 8.42. The fraction of sp³-hybridized carbons (Fsp3) is 0.222. The summed E-state index contributed by atoms with van der Waals surface area (Å²) in [4.78, 5) is 15.0. The van der Waals surface area contributed by atoms with Gasteiger partial charge in [-0.2, -0.15) is 13.9 Å². The molecule has 0 radical (unpaired) electrons. The Morgan fingerprint density at radius 1 is 1.53 bits per heavy atom. The van der Waals surface area contributed by atoms with Crippen LogP contribution in [-0.4, -0.2) is 19.8 Å². The molecule has 0 fully saturated rings. The molecule has 2 aromatic heterocycles. The summed E-state index contributed by atoms with van der Waals surface area (Å²) in [7, 11) is 0. The van der Waals surface area contributed by atoms with Gasteiger partial charge in [0.05, 0.1) is 11.8 Å². The highest BCUT2D eigenvalue weighted by atomic mass is 35.5. The highest BCUT2D eigenvalue weighted by molar-refractivity contribution is 6.68. The Bertz CT molecular complexity index is 606. The third kappa shape index (κ3) is 2.10. The molecule has 0 saturated carbocycles. The minimum Gasteiger partial charge on any atom is -0.275 e. The number of hydrogen-bond donors (Lipinski definition) is 0. The van der Waals surface area contributed by atoms with Gasteiger partial charge in [0.25, 0.3) is 5.24 Å². The van der Waals surface area contributed by atoms with Crippen LogP contribution in [0.2, 0.25) is 0 Å². The Labute approximate surface area is 104 Å². The number of nitrogens with zero attached hydrogens (tertiary/aromatic N) is 3. The zero-order chi connectivity index (χ0) is 12.8. The van der Waals surface area contributed by atoms with Gasteiger partial charge >= 0.3 is 5.38 Å². The third-order valence-corrected chi connectivity index (χ3v) is 2.50. The predicted octanol–water partition coefficient (Wildman–Crippen LogP) is 2.70. The van der Waals surface area contributed by atoms with Crippen molar-refractivity contribution < 1.29 is 13.6 Å². The van der Waals surface area contributed by atoms with Gasteiger partial charge in [0.1, 0.15) is 5.69 Å². The number of aryl methyl sites for hydroxylation is 1. The van der Waals surface area contributed by atoms with Gasteiger partial charge in [0.2, 0.25) is 0 Å². The first-order valence-corrected chi connectivity index (χ1v) is 5.18.